The van der Waals surface area contributed by atoms with Gasteiger partial charge in [0.2, 0.25) is 6.79 Å². The van der Waals surface area contributed by atoms with Crippen molar-refractivity contribution in [2.24, 2.45) is 0 Å². The Morgan fingerprint density at radius 3 is 2.13 bits per heavy atom. The molecule has 0 fully saturated rings. The van der Waals surface area contributed by atoms with Crippen LogP contribution in [-0.4, -0.2) is 11.4 Å². The van der Waals surface area contributed by atoms with Crippen LogP contribution in [0.1, 0.15) is 16.7 Å². The van der Waals surface area contributed by atoms with E-state index in [0.717, 1.165) is 15.7 Å². The largest absolute Gasteiger partial charge is 0.489 e. The Morgan fingerprint density at radius 2 is 1.39 bits per heavy atom. The lowest BCUT2D eigenvalue weighted by molar-refractivity contribution is 0.174. The molecule has 8 nitrogen and oxygen atoms in total. The van der Waals surface area contributed by atoms with E-state index < -0.39 is 11.3 Å². The third kappa shape index (κ3) is 4.84. The quantitative estimate of drug-likeness (QED) is 0.294. The molecule has 6 rings (SSSR count). The molecule has 0 aliphatic carbocycles. The van der Waals surface area contributed by atoms with Crippen molar-refractivity contribution in [1.29, 1.82) is 0 Å². The van der Waals surface area contributed by atoms with Gasteiger partial charge in [0, 0.05) is 12.1 Å². The molecule has 5 aromatic rings. The van der Waals surface area contributed by atoms with E-state index in [4.69, 9.17) is 23.4 Å². The van der Waals surface area contributed by atoms with E-state index >= 15 is 0 Å². The lowest BCUT2D eigenvalue weighted by Crippen LogP contribution is -2.33. The van der Waals surface area contributed by atoms with E-state index in [0.29, 0.717) is 29.4 Å². The summed E-state index contributed by atoms with van der Waals surface area (Å²) in [6, 6.07) is 27.7. The summed E-state index contributed by atoms with van der Waals surface area (Å²) >= 11 is 0. The van der Waals surface area contributed by atoms with Gasteiger partial charge in [-0.05, 0) is 28.8 Å². The number of benzene rings is 4. The highest BCUT2D eigenvalue weighted by atomic mass is 16.7. The fourth-order valence-corrected chi connectivity index (χ4v) is 4.26. The molecule has 0 spiro atoms. The highest BCUT2D eigenvalue weighted by Crippen LogP contribution is 2.33. The van der Waals surface area contributed by atoms with Crippen molar-refractivity contribution >= 4 is 11.0 Å². The maximum atomic E-state index is 13.6. The van der Waals surface area contributed by atoms with Crippen LogP contribution < -0.4 is 30.3 Å². The summed E-state index contributed by atoms with van der Waals surface area (Å²) in [5.74, 6) is 1.08. The molecule has 0 saturated carbocycles. The van der Waals surface area contributed by atoms with Crippen molar-refractivity contribution in [1.82, 2.24) is 4.57 Å². The van der Waals surface area contributed by atoms with E-state index in [-0.39, 0.29) is 36.7 Å². The van der Waals surface area contributed by atoms with Crippen LogP contribution in [-0.2, 0) is 19.8 Å². The maximum Gasteiger partial charge on any atom is 0.422 e. The summed E-state index contributed by atoms with van der Waals surface area (Å²) in [4.78, 5) is 26.6. The summed E-state index contributed by atoms with van der Waals surface area (Å²) in [7, 11) is 0. The Hall–Kier alpha value is -4.98. The van der Waals surface area contributed by atoms with Crippen molar-refractivity contribution in [2.75, 3.05) is 6.79 Å². The zero-order valence-electron chi connectivity index (χ0n) is 20.3. The zero-order chi connectivity index (χ0) is 25.9. The summed E-state index contributed by atoms with van der Waals surface area (Å²) in [5.41, 5.74) is 2.16. The molecular formula is C30H23NO7. The van der Waals surface area contributed by atoms with Crippen LogP contribution in [0, 0.1) is 0 Å². The van der Waals surface area contributed by atoms with Gasteiger partial charge in [0.25, 0.3) is 5.56 Å². The van der Waals surface area contributed by atoms with Crippen LogP contribution in [0.5, 0.6) is 23.0 Å². The van der Waals surface area contributed by atoms with E-state index in [9.17, 15) is 9.59 Å². The highest BCUT2D eigenvalue weighted by molar-refractivity contribution is 5.84. The number of nitrogens with zero attached hydrogens (tertiary/aromatic N) is 1. The van der Waals surface area contributed by atoms with Gasteiger partial charge >= 0.3 is 5.76 Å². The molecule has 1 aromatic heterocycles. The number of hydrogen-bond donors (Lipinski definition) is 0. The van der Waals surface area contributed by atoms with Gasteiger partial charge in [-0.2, -0.15) is 0 Å². The molecule has 1 aliphatic rings. The molecule has 0 unspecified atom stereocenters. The van der Waals surface area contributed by atoms with Crippen molar-refractivity contribution in [3.8, 4) is 23.0 Å². The van der Waals surface area contributed by atoms with Gasteiger partial charge in [0.15, 0.2) is 17.1 Å². The van der Waals surface area contributed by atoms with Crippen LogP contribution in [0.15, 0.2) is 105 Å². The average molecular weight is 510 g/mol. The van der Waals surface area contributed by atoms with Crippen molar-refractivity contribution in [3.63, 3.8) is 0 Å². The number of hydrogen-bond acceptors (Lipinski definition) is 7. The van der Waals surface area contributed by atoms with Gasteiger partial charge in [-0.25, -0.2) is 9.36 Å². The third-order valence-electron chi connectivity index (χ3n) is 6.18. The molecule has 8 heteroatoms. The van der Waals surface area contributed by atoms with E-state index in [2.05, 4.69) is 0 Å². The summed E-state index contributed by atoms with van der Waals surface area (Å²) in [5, 5.41) is 0.160. The first-order chi connectivity index (χ1) is 18.6. The standard InChI is InChI=1S/C30H23NO7/c32-29-28-26(35-18-21-9-5-2-6-10-21)14-23(34-17-20-7-3-1-4-8-20)15-27(28)38-30(33)31(29)16-22-11-12-24-25(13-22)37-19-36-24/h1-15H,16-19H2. The fourth-order valence-electron chi connectivity index (χ4n) is 4.26. The Bertz CT molecular complexity index is 1710. The van der Waals surface area contributed by atoms with Crippen molar-refractivity contribution in [3.05, 3.63) is 129 Å². The predicted molar refractivity (Wildman–Crippen MR) is 140 cm³/mol. The van der Waals surface area contributed by atoms with Crippen molar-refractivity contribution in [2.45, 2.75) is 19.8 Å². The third-order valence-corrected chi connectivity index (χ3v) is 6.18. The molecule has 38 heavy (non-hydrogen) atoms. The van der Waals surface area contributed by atoms with Gasteiger partial charge in [-0.3, -0.25) is 4.79 Å². The second-order valence-corrected chi connectivity index (χ2v) is 8.79. The normalized spacial score (nSPS) is 12.0. The molecule has 0 radical (unpaired) electrons. The van der Waals surface area contributed by atoms with E-state index in [1.165, 1.54) is 0 Å². The van der Waals surface area contributed by atoms with Gasteiger partial charge in [0.05, 0.1) is 6.54 Å². The Balaban J connectivity index is 1.38. The number of rotatable bonds is 8. The van der Waals surface area contributed by atoms with Crippen LogP contribution in [0.3, 0.4) is 0 Å². The molecule has 0 bridgehead atoms. The zero-order valence-corrected chi connectivity index (χ0v) is 20.3. The predicted octanol–water partition coefficient (Wildman–Crippen LogP) is 4.89. The average Bonchev–Trinajstić information content (AvgIpc) is 3.42. The molecule has 190 valence electrons. The van der Waals surface area contributed by atoms with Crippen LogP contribution in [0.4, 0.5) is 0 Å². The molecule has 0 saturated heterocycles. The number of ether oxygens (including phenoxy) is 4. The van der Waals surface area contributed by atoms with E-state index in [1.807, 2.05) is 60.7 Å². The second kappa shape index (κ2) is 10.2. The summed E-state index contributed by atoms with van der Waals surface area (Å²) in [6.07, 6.45) is 0. The minimum absolute atomic E-state index is 0.00185. The van der Waals surface area contributed by atoms with Gasteiger partial charge in [0.1, 0.15) is 30.1 Å². The maximum absolute atomic E-state index is 13.6. The smallest absolute Gasteiger partial charge is 0.422 e. The number of fused-ring (bicyclic) bond motifs is 2. The first kappa shape index (κ1) is 23.4. The Labute approximate surface area is 217 Å². The van der Waals surface area contributed by atoms with Gasteiger partial charge < -0.3 is 23.4 Å². The Kier molecular flexibility index (Phi) is 6.27. The molecule has 4 aromatic carbocycles. The first-order valence-corrected chi connectivity index (χ1v) is 12.1. The lowest BCUT2D eigenvalue weighted by Gasteiger charge is -2.13. The monoisotopic (exact) mass is 509 g/mol. The molecule has 0 N–H and O–H groups in total. The minimum Gasteiger partial charge on any atom is -0.489 e. The van der Waals surface area contributed by atoms with Crippen LogP contribution in [0.2, 0.25) is 0 Å². The van der Waals surface area contributed by atoms with Crippen molar-refractivity contribution < 1.29 is 23.4 Å². The highest BCUT2D eigenvalue weighted by Gasteiger charge is 2.19. The van der Waals surface area contributed by atoms with Gasteiger partial charge in [-0.15, -0.1) is 0 Å². The van der Waals surface area contributed by atoms with Crippen LogP contribution >= 0.6 is 0 Å². The molecule has 0 amide bonds. The summed E-state index contributed by atoms with van der Waals surface area (Å²) in [6.45, 7) is 0.653. The number of aromatic nitrogens is 1. The molecule has 2 heterocycles. The molecular weight excluding hydrogens is 486 g/mol. The molecule has 0 atom stereocenters. The first-order valence-electron chi connectivity index (χ1n) is 12.1. The lowest BCUT2D eigenvalue weighted by atomic mass is 10.2. The molecule has 1 aliphatic heterocycles. The Morgan fingerprint density at radius 1 is 0.711 bits per heavy atom. The van der Waals surface area contributed by atoms with Gasteiger partial charge in [-0.1, -0.05) is 66.7 Å². The fraction of sp³-hybridized carbons (Fsp3) is 0.133. The van der Waals surface area contributed by atoms with E-state index in [1.54, 1.807) is 30.3 Å². The second-order valence-electron chi connectivity index (χ2n) is 8.79. The summed E-state index contributed by atoms with van der Waals surface area (Å²) < 4.78 is 29.5. The topological polar surface area (TPSA) is 89.1 Å². The minimum atomic E-state index is -0.783. The van der Waals surface area contributed by atoms with Crippen LogP contribution in [0.25, 0.3) is 11.0 Å². The SMILES string of the molecule is O=c1oc2cc(OCc3ccccc3)cc(OCc3ccccc3)c2c(=O)n1Cc1ccc2c(c1)OCO2.